The normalized spacial score (nSPS) is 10.7. The first kappa shape index (κ1) is 15.5. The molecule has 0 aliphatic heterocycles. The fourth-order valence-electron chi connectivity index (χ4n) is 1.82. The minimum atomic E-state index is 0. The van der Waals surface area contributed by atoms with E-state index in [1.807, 2.05) is 0 Å². The Morgan fingerprint density at radius 1 is 1.11 bits per heavy atom. The zero-order chi connectivity index (χ0) is 13.0. The van der Waals surface area contributed by atoms with Crippen LogP contribution in [0, 0.1) is 6.92 Å². The van der Waals surface area contributed by atoms with Gasteiger partial charge in [-0.2, -0.15) is 0 Å². The Balaban J connectivity index is 0.00000180. The van der Waals surface area contributed by atoms with E-state index in [4.69, 9.17) is 0 Å². The van der Waals surface area contributed by atoms with Crippen molar-refractivity contribution in [3.05, 3.63) is 53.6 Å². The van der Waals surface area contributed by atoms with E-state index in [0.717, 1.165) is 5.69 Å². The zero-order valence-electron chi connectivity index (χ0n) is 11.3. The van der Waals surface area contributed by atoms with Gasteiger partial charge in [-0.05, 0) is 30.0 Å². The van der Waals surface area contributed by atoms with E-state index < -0.39 is 0 Å². The average Bonchev–Trinajstić information content (AvgIpc) is 2.38. The van der Waals surface area contributed by atoms with E-state index in [-0.39, 0.29) is 16.5 Å². The molecule has 0 spiro atoms. The van der Waals surface area contributed by atoms with Crippen LogP contribution in [0.3, 0.4) is 0 Å². The molecule has 0 amide bonds. The molecule has 0 unspecified atom stereocenters. The van der Waals surface area contributed by atoms with E-state index in [0.29, 0.717) is 11.7 Å². The van der Waals surface area contributed by atoms with Crippen molar-refractivity contribution in [3.8, 4) is 0 Å². The first-order valence-corrected chi connectivity index (χ1v) is 6.09. The van der Waals surface area contributed by atoms with Crippen LogP contribution >= 0.6 is 0 Å². The predicted octanol–water partition coefficient (Wildman–Crippen LogP) is 3.66. The smallest absolute Gasteiger partial charge is 0.170 e. The Morgan fingerprint density at radius 2 is 1.79 bits per heavy atom. The molecular formula is C15H17N3Ni. The van der Waals surface area contributed by atoms with Gasteiger partial charge >= 0.3 is 0 Å². The number of aryl methyl sites for hydroxylation is 1. The van der Waals surface area contributed by atoms with Gasteiger partial charge in [-0.25, -0.2) is 9.97 Å². The minimum absolute atomic E-state index is 0. The third-order valence-corrected chi connectivity index (χ3v) is 2.79. The molecular weight excluding hydrogens is 281 g/mol. The summed E-state index contributed by atoms with van der Waals surface area (Å²) in [5.41, 5.74) is 3.45. The molecule has 0 aliphatic rings. The largest absolute Gasteiger partial charge is 0.252 e. The number of rotatable bonds is 3. The quantitative estimate of drug-likeness (QED) is 0.640. The van der Waals surface area contributed by atoms with Crippen molar-refractivity contribution in [2.75, 3.05) is 0 Å². The molecule has 1 aromatic carbocycles. The van der Waals surface area contributed by atoms with Gasteiger partial charge in [0.25, 0.3) is 0 Å². The van der Waals surface area contributed by atoms with Gasteiger partial charge in [-0.1, -0.05) is 32.0 Å². The number of aromatic nitrogens is 2. The first-order chi connectivity index (χ1) is 8.68. The summed E-state index contributed by atoms with van der Waals surface area (Å²) < 4.78 is 0. The molecule has 0 N–H and O–H groups in total. The van der Waals surface area contributed by atoms with Gasteiger partial charge in [0.2, 0.25) is 0 Å². The molecule has 0 atom stereocenters. The maximum absolute atomic E-state index is 4.55. The topological polar surface area (TPSA) is 38.1 Å². The van der Waals surface area contributed by atoms with Gasteiger partial charge in [0, 0.05) is 28.9 Å². The number of hydrogen-bond acceptors (Lipinski definition) is 3. The molecule has 0 aliphatic carbocycles. The Kier molecular flexibility index (Phi) is 5.84. The number of aliphatic imine (C=N–C) groups is 1. The van der Waals surface area contributed by atoms with E-state index >= 15 is 0 Å². The van der Waals surface area contributed by atoms with Crippen molar-refractivity contribution < 1.29 is 16.5 Å². The molecule has 0 fully saturated rings. The third kappa shape index (κ3) is 3.97. The van der Waals surface area contributed by atoms with E-state index in [1.54, 1.807) is 24.7 Å². The van der Waals surface area contributed by atoms with Gasteiger partial charge in [0.15, 0.2) is 5.82 Å². The van der Waals surface area contributed by atoms with Crippen molar-refractivity contribution in [2.24, 2.45) is 4.99 Å². The summed E-state index contributed by atoms with van der Waals surface area (Å²) in [6.45, 7) is 6.42. The van der Waals surface area contributed by atoms with Gasteiger partial charge in [0.05, 0.1) is 11.9 Å². The molecule has 19 heavy (non-hydrogen) atoms. The van der Waals surface area contributed by atoms with E-state index in [2.05, 4.69) is 53.9 Å². The number of hydrogen-bond donors (Lipinski definition) is 0. The molecule has 1 aromatic heterocycles. The van der Waals surface area contributed by atoms with Gasteiger partial charge in [0.1, 0.15) is 0 Å². The average molecular weight is 298 g/mol. The van der Waals surface area contributed by atoms with Crippen LogP contribution in [0.25, 0.3) is 0 Å². The molecule has 0 saturated carbocycles. The maximum atomic E-state index is 4.55. The van der Waals surface area contributed by atoms with Crippen LogP contribution < -0.4 is 0 Å². The van der Waals surface area contributed by atoms with Gasteiger partial charge in [-0.15, -0.1) is 0 Å². The van der Waals surface area contributed by atoms with Crippen molar-refractivity contribution >= 4 is 11.9 Å². The van der Waals surface area contributed by atoms with E-state index in [1.165, 1.54) is 11.1 Å². The third-order valence-electron chi connectivity index (χ3n) is 2.79. The van der Waals surface area contributed by atoms with Gasteiger partial charge in [-0.3, -0.25) is 4.99 Å². The number of nitrogens with zero attached hydrogens (tertiary/aromatic N) is 3. The Hall–Kier alpha value is -1.54. The van der Waals surface area contributed by atoms with Crippen LogP contribution in [0.15, 0.2) is 41.7 Å². The summed E-state index contributed by atoms with van der Waals surface area (Å²) in [6, 6.07) is 8.06. The SMILES string of the molecule is Cc1cccc(C(C)C)c1N=Cc1ncccn1.[Ni]. The summed E-state index contributed by atoms with van der Waals surface area (Å²) in [4.78, 5) is 12.8. The van der Waals surface area contributed by atoms with Crippen LogP contribution in [-0.2, 0) is 16.5 Å². The second-order valence-electron chi connectivity index (χ2n) is 4.53. The fourth-order valence-corrected chi connectivity index (χ4v) is 1.82. The van der Waals surface area contributed by atoms with Crippen molar-refractivity contribution in [3.63, 3.8) is 0 Å². The van der Waals surface area contributed by atoms with Crippen LogP contribution in [-0.4, -0.2) is 16.2 Å². The summed E-state index contributed by atoms with van der Waals surface area (Å²) in [6.07, 6.45) is 5.15. The fraction of sp³-hybridized carbons (Fsp3) is 0.267. The summed E-state index contributed by atoms with van der Waals surface area (Å²) in [5, 5.41) is 0. The summed E-state index contributed by atoms with van der Waals surface area (Å²) in [5.74, 6) is 1.09. The van der Waals surface area contributed by atoms with Crippen molar-refractivity contribution in [1.82, 2.24) is 9.97 Å². The second-order valence-corrected chi connectivity index (χ2v) is 4.53. The molecule has 0 bridgehead atoms. The first-order valence-electron chi connectivity index (χ1n) is 6.09. The molecule has 2 aromatic rings. The number of benzene rings is 1. The standard InChI is InChI=1S/C15H17N3.Ni/c1-11(2)13-7-4-6-12(3)15(13)18-10-14-16-8-5-9-17-14;/h4-11H,1-3H3;. The second kappa shape index (κ2) is 7.15. The Bertz CT molecular complexity index is 551. The number of para-hydroxylation sites is 1. The molecule has 2 rings (SSSR count). The Morgan fingerprint density at radius 3 is 2.42 bits per heavy atom. The van der Waals surface area contributed by atoms with Crippen LogP contribution in [0.5, 0.6) is 0 Å². The van der Waals surface area contributed by atoms with Crippen molar-refractivity contribution in [2.45, 2.75) is 26.7 Å². The minimum Gasteiger partial charge on any atom is -0.252 e. The molecule has 0 radical (unpaired) electrons. The van der Waals surface area contributed by atoms with Gasteiger partial charge < -0.3 is 0 Å². The summed E-state index contributed by atoms with van der Waals surface area (Å²) in [7, 11) is 0. The molecule has 0 saturated heterocycles. The zero-order valence-corrected chi connectivity index (χ0v) is 12.3. The van der Waals surface area contributed by atoms with E-state index in [9.17, 15) is 0 Å². The molecule has 1 heterocycles. The molecule has 102 valence electrons. The van der Waals surface area contributed by atoms with Crippen LogP contribution in [0.4, 0.5) is 5.69 Å². The molecule has 3 nitrogen and oxygen atoms in total. The molecule has 4 heteroatoms. The van der Waals surface area contributed by atoms with Crippen molar-refractivity contribution in [1.29, 1.82) is 0 Å². The van der Waals surface area contributed by atoms with Crippen LogP contribution in [0.2, 0.25) is 0 Å². The maximum Gasteiger partial charge on any atom is 0.170 e. The summed E-state index contributed by atoms with van der Waals surface area (Å²) >= 11 is 0. The Labute approximate surface area is 124 Å². The monoisotopic (exact) mass is 297 g/mol. The predicted molar refractivity (Wildman–Crippen MR) is 74.6 cm³/mol. The van der Waals surface area contributed by atoms with Crippen LogP contribution in [0.1, 0.15) is 36.7 Å².